The minimum atomic E-state index is -0.272. The van der Waals surface area contributed by atoms with Crippen molar-refractivity contribution in [1.82, 2.24) is 9.88 Å². The highest BCUT2D eigenvalue weighted by molar-refractivity contribution is 6.34. The normalized spacial score (nSPS) is 10.5. The Hall–Kier alpha value is -1.91. The van der Waals surface area contributed by atoms with Gasteiger partial charge in [-0.2, -0.15) is 0 Å². The van der Waals surface area contributed by atoms with E-state index >= 15 is 0 Å². The fourth-order valence-electron chi connectivity index (χ4n) is 1.98. The molecule has 0 aliphatic heterocycles. The number of amides is 1. The van der Waals surface area contributed by atoms with Crippen LogP contribution in [0.3, 0.4) is 0 Å². The molecular weight excluding hydrogens is 276 g/mol. The van der Waals surface area contributed by atoms with Crippen molar-refractivity contribution < 1.29 is 9.90 Å². The molecule has 1 amide bonds. The fraction of sp³-hybridized carbons (Fsp3) is 0.200. The van der Waals surface area contributed by atoms with Gasteiger partial charge in [0.1, 0.15) is 10.8 Å². The molecule has 0 bridgehead atoms. The third kappa shape index (κ3) is 2.98. The summed E-state index contributed by atoms with van der Waals surface area (Å²) in [6.07, 6.45) is 1.61. The Morgan fingerprint density at radius 2 is 2.20 bits per heavy atom. The van der Waals surface area contributed by atoms with Gasteiger partial charge in [-0.1, -0.05) is 41.9 Å². The van der Waals surface area contributed by atoms with E-state index in [1.807, 2.05) is 24.3 Å². The van der Waals surface area contributed by atoms with Crippen molar-refractivity contribution in [3.8, 4) is 0 Å². The van der Waals surface area contributed by atoms with Gasteiger partial charge < -0.3 is 10.0 Å². The number of carbonyl (C=O) groups is 1. The Labute approximate surface area is 122 Å². The predicted molar refractivity (Wildman–Crippen MR) is 79.9 cm³/mol. The highest BCUT2D eigenvalue weighted by atomic mass is 35.5. The van der Waals surface area contributed by atoms with E-state index in [9.17, 15) is 4.79 Å². The first kappa shape index (κ1) is 14.5. The third-order valence-corrected chi connectivity index (χ3v) is 3.21. The predicted octanol–water partition coefficient (Wildman–Crippen LogP) is 2.51. The lowest BCUT2D eigenvalue weighted by Gasteiger charge is -2.19. The molecule has 0 saturated heterocycles. The molecule has 0 unspecified atom stereocenters. The maximum Gasteiger partial charge on any atom is 0.272 e. The van der Waals surface area contributed by atoms with E-state index in [0.717, 1.165) is 10.8 Å². The number of carbonyl (C=O) groups excluding carboxylic acids is 1. The number of hydrogen-bond acceptors (Lipinski definition) is 3. The minimum Gasteiger partial charge on any atom is -0.395 e. The lowest BCUT2D eigenvalue weighted by molar-refractivity contribution is 0.0737. The molecule has 5 heteroatoms. The number of aliphatic hydroxyl groups is 1. The molecule has 0 fully saturated rings. The number of aliphatic hydroxyl groups excluding tert-OH is 1. The summed E-state index contributed by atoms with van der Waals surface area (Å²) in [6.45, 7) is 4.08. The molecular formula is C15H15ClN2O2. The van der Waals surface area contributed by atoms with Crippen molar-refractivity contribution in [3.63, 3.8) is 0 Å². The van der Waals surface area contributed by atoms with Gasteiger partial charge in [0.05, 0.1) is 6.61 Å². The van der Waals surface area contributed by atoms with E-state index in [1.54, 1.807) is 12.1 Å². The largest absolute Gasteiger partial charge is 0.395 e. The lowest BCUT2D eigenvalue weighted by Crippen LogP contribution is -2.34. The summed E-state index contributed by atoms with van der Waals surface area (Å²) in [4.78, 5) is 18.0. The maximum absolute atomic E-state index is 12.4. The highest BCUT2D eigenvalue weighted by Gasteiger charge is 2.17. The molecule has 4 nitrogen and oxygen atoms in total. The van der Waals surface area contributed by atoms with Crippen LogP contribution in [-0.2, 0) is 0 Å². The number of hydrogen-bond donors (Lipinski definition) is 1. The van der Waals surface area contributed by atoms with Crippen molar-refractivity contribution in [2.45, 2.75) is 0 Å². The number of halogens is 1. The van der Waals surface area contributed by atoms with E-state index in [2.05, 4.69) is 11.6 Å². The van der Waals surface area contributed by atoms with Gasteiger partial charge in [-0.3, -0.25) is 4.79 Å². The molecule has 1 aromatic carbocycles. The Balaban J connectivity index is 2.41. The van der Waals surface area contributed by atoms with Crippen LogP contribution < -0.4 is 0 Å². The molecule has 1 heterocycles. The van der Waals surface area contributed by atoms with Crippen LogP contribution in [-0.4, -0.2) is 40.6 Å². The number of aromatic nitrogens is 1. The van der Waals surface area contributed by atoms with Crippen molar-refractivity contribution in [1.29, 1.82) is 0 Å². The van der Waals surface area contributed by atoms with Crippen LogP contribution in [0.5, 0.6) is 0 Å². The van der Waals surface area contributed by atoms with Gasteiger partial charge in [0.15, 0.2) is 0 Å². The van der Waals surface area contributed by atoms with Crippen LogP contribution in [0.4, 0.5) is 0 Å². The first-order valence-electron chi connectivity index (χ1n) is 6.23. The molecule has 2 rings (SSSR count). The molecule has 20 heavy (non-hydrogen) atoms. The second-order valence-corrected chi connectivity index (χ2v) is 4.64. The van der Waals surface area contributed by atoms with Gasteiger partial charge >= 0.3 is 0 Å². The Bertz CT molecular complexity index is 643. The van der Waals surface area contributed by atoms with Gasteiger partial charge in [-0.05, 0) is 11.5 Å². The van der Waals surface area contributed by atoms with Crippen molar-refractivity contribution >= 4 is 28.3 Å². The van der Waals surface area contributed by atoms with Crippen molar-refractivity contribution in [2.24, 2.45) is 0 Å². The van der Waals surface area contributed by atoms with Gasteiger partial charge in [0.25, 0.3) is 5.91 Å². The Kier molecular flexibility index (Phi) is 4.71. The summed E-state index contributed by atoms with van der Waals surface area (Å²) in [6, 6.07) is 9.18. The van der Waals surface area contributed by atoms with Crippen molar-refractivity contribution in [2.75, 3.05) is 19.7 Å². The minimum absolute atomic E-state index is 0.110. The molecule has 104 valence electrons. The van der Waals surface area contributed by atoms with E-state index < -0.39 is 0 Å². The van der Waals surface area contributed by atoms with Gasteiger partial charge in [0, 0.05) is 18.5 Å². The second-order valence-electron chi connectivity index (χ2n) is 4.28. The molecule has 0 aliphatic carbocycles. The number of fused-ring (bicyclic) bond motifs is 1. The quantitative estimate of drug-likeness (QED) is 0.680. The molecule has 0 saturated carbocycles. The van der Waals surface area contributed by atoms with E-state index in [0.29, 0.717) is 11.7 Å². The number of benzene rings is 1. The first-order chi connectivity index (χ1) is 9.67. The third-order valence-electron chi connectivity index (χ3n) is 2.92. The number of rotatable bonds is 5. The van der Waals surface area contributed by atoms with E-state index in [4.69, 9.17) is 16.7 Å². The zero-order chi connectivity index (χ0) is 14.5. The first-order valence-corrected chi connectivity index (χ1v) is 6.61. The fourth-order valence-corrected chi connectivity index (χ4v) is 2.24. The van der Waals surface area contributed by atoms with Crippen LogP contribution in [0.25, 0.3) is 10.8 Å². The SMILES string of the molecule is C=CCN(CCO)C(=O)c1cc2ccccc2c(Cl)n1. The molecule has 1 aromatic heterocycles. The summed E-state index contributed by atoms with van der Waals surface area (Å²) in [5, 5.41) is 11.0. The standard InChI is InChI=1S/C15H15ClN2O2/c1-2-7-18(8-9-19)15(20)13-10-11-5-3-4-6-12(11)14(16)17-13/h2-6,10,19H,1,7-9H2. The zero-order valence-corrected chi connectivity index (χ0v) is 11.7. The molecule has 0 spiro atoms. The summed E-state index contributed by atoms with van der Waals surface area (Å²) in [5.41, 5.74) is 0.268. The topological polar surface area (TPSA) is 53.4 Å². The Morgan fingerprint density at radius 1 is 1.45 bits per heavy atom. The summed E-state index contributed by atoms with van der Waals surface area (Å²) in [7, 11) is 0. The van der Waals surface area contributed by atoms with Crippen LogP contribution in [0.2, 0.25) is 5.15 Å². The average Bonchev–Trinajstić information content (AvgIpc) is 2.46. The van der Waals surface area contributed by atoms with Gasteiger partial charge in [-0.15, -0.1) is 6.58 Å². The van der Waals surface area contributed by atoms with Crippen LogP contribution in [0.15, 0.2) is 43.0 Å². The van der Waals surface area contributed by atoms with Crippen LogP contribution >= 0.6 is 11.6 Å². The summed E-state index contributed by atoms with van der Waals surface area (Å²) < 4.78 is 0. The molecule has 0 atom stereocenters. The van der Waals surface area contributed by atoms with Crippen molar-refractivity contribution in [3.05, 3.63) is 53.8 Å². The molecule has 1 N–H and O–H groups in total. The van der Waals surface area contributed by atoms with Crippen LogP contribution in [0, 0.1) is 0 Å². The average molecular weight is 291 g/mol. The Morgan fingerprint density at radius 3 is 2.90 bits per heavy atom. The van der Waals surface area contributed by atoms with E-state index in [1.165, 1.54) is 4.90 Å². The molecule has 0 radical (unpaired) electrons. The second kappa shape index (κ2) is 6.50. The number of pyridine rings is 1. The summed E-state index contributed by atoms with van der Waals surface area (Å²) in [5.74, 6) is -0.272. The smallest absolute Gasteiger partial charge is 0.272 e. The number of nitrogens with zero attached hydrogens (tertiary/aromatic N) is 2. The highest BCUT2D eigenvalue weighted by Crippen LogP contribution is 2.22. The monoisotopic (exact) mass is 290 g/mol. The van der Waals surface area contributed by atoms with Crippen LogP contribution in [0.1, 0.15) is 10.5 Å². The molecule has 0 aliphatic rings. The molecule has 2 aromatic rings. The summed E-state index contributed by atoms with van der Waals surface area (Å²) >= 11 is 6.11. The van der Waals surface area contributed by atoms with E-state index in [-0.39, 0.29) is 24.8 Å². The maximum atomic E-state index is 12.4. The van der Waals surface area contributed by atoms with Gasteiger partial charge in [0.2, 0.25) is 0 Å². The lowest BCUT2D eigenvalue weighted by atomic mass is 10.1. The zero-order valence-electron chi connectivity index (χ0n) is 10.9. The van der Waals surface area contributed by atoms with Gasteiger partial charge in [-0.25, -0.2) is 4.98 Å².